The topological polar surface area (TPSA) is 151 Å². The van der Waals surface area contributed by atoms with E-state index >= 15 is 0 Å². The van der Waals surface area contributed by atoms with E-state index in [9.17, 15) is 25.2 Å². The number of anilines is 1. The lowest BCUT2D eigenvalue weighted by Gasteiger charge is -2.43. The first-order valence-corrected chi connectivity index (χ1v) is 19.1. The predicted molar refractivity (Wildman–Crippen MR) is 194 cm³/mol. The van der Waals surface area contributed by atoms with E-state index in [2.05, 4.69) is 48.1 Å². The van der Waals surface area contributed by atoms with Crippen LogP contribution < -0.4 is 10.7 Å². The number of aliphatic carboxylic acids is 1. The molecule has 2 aromatic heterocycles. The number of allylic oxidation sites excluding steroid dienone is 1. The number of hydrogen-bond acceptors (Lipinski definition) is 6. The normalized spacial score (nSPS) is 30.7. The maximum absolute atomic E-state index is 12.5. The summed E-state index contributed by atoms with van der Waals surface area (Å²) in [5.74, 6) is -1.23. The van der Waals surface area contributed by atoms with Crippen molar-refractivity contribution >= 4 is 11.8 Å². The molecular formula is C41H60N3O5-. The van der Waals surface area contributed by atoms with E-state index in [4.69, 9.17) is 5.73 Å². The van der Waals surface area contributed by atoms with Gasteiger partial charge in [0.05, 0.1) is 23.7 Å². The van der Waals surface area contributed by atoms with Crippen LogP contribution in [0.15, 0.2) is 54.9 Å². The molecule has 8 nitrogen and oxygen atoms in total. The summed E-state index contributed by atoms with van der Waals surface area (Å²) in [6.07, 6.45) is 23.6. The Morgan fingerprint density at radius 1 is 1.02 bits per heavy atom. The van der Waals surface area contributed by atoms with Crippen LogP contribution >= 0.6 is 0 Å². The second-order valence-corrected chi connectivity index (χ2v) is 15.5. The fourth-order valence-corrected chi connectivity index (χ4v) is 9.18. The van der Waals surface area contributed by atoms with Gasteiger partial charge in [0.2, 0.25) is 0 Å². The number of aryl methyl sites for hydroxylation is 1. The average molecular weight is 675 g/mol. The first-order chi connectivity index (χ1) is 23.6. The number of nitrogens with two attached hydrogens (primary N) is 1. The van der Waals surface area contributed by atoms with Crippen molar-refractivity contribution in [1.82, 2.24) is 9.97 Å². The van der Waals surface area contributed by atoms with Gasteiger partial charge in [0.15, 0.2) is 0 Å². The molecule has 3 aliphatic rings. The number of pyridine rings is 1. The van der Waals surface area contributed by atoms with E-state index in [-0.39, 0.29) is 29.8 Å². The van der Waals surface area contributed by atoms with Crippen LogP contribution in [-0.2, 0) is 24.1 Å². The number of aromatic nitrogens is 2. The minimum absolute atomic E-state index is 0.0694. The molecule has 0 aliphatic heterocycles. The zero-order valence-electron chi connectivity index (χ0n) is 29.7. The monoisotopic (exact) mass is 674 g/mol. The van der Waals surface area contributed by atoms with Gasteiger partial charge in [0.1, 0.15) is 5.82 Å². The molecule has 0 spiro atoms. The van der Waals surface area contributed by atoms with Gasteiger partial charge >= 0.3 is 5.97 Å². The highest BCUT2D eigenvalue weighted by atomic mass is 16.4. The van der Waals surface area contributed by atoms with Gasteiger partial charge in [0, 0.05) is 24.0 Å². The van der Waals surface area contributed by atoms with Crippen LogP contribution in [0.3, 0.4) is 0 Å². The first-order valence-electron chi connectivity index (χ1n) is 19.1. The Kier molecular flexibility index (Phi) is 13.2. The third-order valence-electron chi connectivity index (χ3n) is 12.0. The number of nitrogens with zero attached hydrogens (tertiary/aromatic N) is 2. The summed E-state index contributed by atoms with van der Waals surface area (Å²) in [4.78, 5) is 21.3. The van der Waals surface area contributed by atoms with Crippen molar-refractivity contribution in [2.75, 3.05) is 5.73 Å². The molecule has 1 fully saturated rings. The number of carboxylic acid groups (broad SMARTS) is 1. The van der Waals surface area contributed by atoms with Gasteiger partial charge < -0.3 is 31.1 Å². The average Bonchev–Trinajstić information content (AvgIpc) is 3.64. The van der Waals surface area contributed by atoms with Gasteiger partial charge in [0.25, 0.3) is 0 Å². The SMILES string of the molecule is CCCCCC1C=CC(CCCCCC(C(=O)O)C(O)C2C=CC3C(Cc4ccnc(N)c4)CC(Cc4cc(CC)c[n-]4)C3(O)C2)C(O)C1. The number of unbranched alkanes of at least 4 members (excludes halogenated alkanes) is 4. The van der Waals surface area contributed by atoms with E-state index in [1.54, 1.807) is 6.20 Å². The fraction of sp³-hybridized carbons (Fsp3) is 0.659. The second-order valence-electron chi connectivity index (χ2n) is 15.5. The molecule has 0 saturated heterocycles. The number of aliphatic hydroxyl groups excluding tert-OH is 2. The first kappa shape index (κ1) is 37.3. The van der Waals surface area contributed by atoms with Crippen molar-refractivity contribution in [3.8, 4) is 0 Å². The third kappa shape index (κ3) is 9.44. The Morgan fingerprint density at radius 3 is 2.55 bits per heavy atom. The van der Waals surface area contributed by atoms with E-state index in [0.29, 0.717) is 37.4 Å². The van der Waals surface area contributed by atoms with Gasteiger partial charge in [-0.05, 0) is 93.2 Å². The van der Waals surface area contributed by atoms with E-state index < -0.39 is 29.5 Å². The Bertz CT molecular complexity index is 1400. The predicted octanol–water partition coefficient (Wildman–Crippen LogP) is 6.67. The van der Waals surface area contributed by atoms with Crippen LogP contribution in [0.2, 0.25) is 0 Å². The Hall–Kier alpha value is -2.94. The minimum atomic E-state index is -1.09. The maximum atomic E-state index is 12.5. The third-order valence-corrected chi connectivity index (χ3v) is 12.0. The van der Waals surface area contributed by atoms with Crippen LogP contribution in [-0.4, -0.2) is 49.2 Å². The summed E-state index contributed by atoms with van der Waals surface area (Å²) < 4.78 is 0. The number of nitrogen functional groups attached to an aromatic ring is 1. The second kappa shape index (κ2) is 17.3. The molecule has 0 amide bonds. The molecular weight excluding hydrogens is 614 g/mol. The number of aliphatic hydroxyl groups is 3. The van der Waals surface area contributed by atoms with Crippen molar-refractivity contribution < 1.29 is 25.2 Å². The van der Waals surface area contributed by atoms with Crippen molar-refractivity contribution in [1.29, 1.82) is 0 Å². The van der Waals surface area contributed by atoms with Crippen molar-refractivity contribution in [2.24, 2.45) is 41.4 Å². The summed E-state index contributed by atoms with van der Waals surface area (Å²) in [6.45, 7) is 4.32. The summed E-state index contributed by atoms with van der Waals surface area (Å²) >= 11 is 0. The van der Waals surface area contributed by atoms with Crippen molar-refractivity contribution in [3.05, 3.63) is 71.7 Å². The Morgan fingerprint density at radius 2 is 1.84 bits per heavy atom. The van der Waals surface area contributed by atoms with Crippen LogP contribution in [0.5, 0.6) is 0 Å². The smallest absolute Gasteiger partial charge is 0.309 e. The Balaban J connectivity index is 1.19. The molecule has 5 rings (SSSR count). The molecule has 2 aromatic rings. The van der Waals surface area contributed by atoms with Crippen LogP contribution in [0.1, 0.15) is 108 Å². The standard InChI is InChI=1S/C41H60N3O5/c1-3-5-7-10-28-13-14-30(37(45)21-28)11-8-6-9-12-35(40(47)48)39(46)31-15-16-36-32(19-29-17-18-43-38(42)22-29)23-33(41(36,49)25-31)24-34-20-27(4-2)26-44-34/h13-18,20,22,26,28,30-33,35-37,39,45-46,49H,3-12,19,21,23-25H2,1-2H3,(H2,42,43)(H,47,48)/q-1. The lowest BCUT2D eigenvalue weighted by atomic mass is 9.68. The molecule has 8 heteroatoms. The van der Waals surface area contributed by atoms with Crippen LogP contribution in [0.4, 0.5) is 5.82 Å². The van der Waals surface area contributed by atoms with Crippen molar-refractivity contribution in [2.45, 2.75) is 128 Å². The van der Waals surface area contributed by atoms with E-state index in [1.807, 2.05) is 24.4 Å². The molecule has 10 atom stereocenters. The molecule has 10 unspecified atom stereocenters. The minimum Gasteiger partial charge on any atom is -0.667 e. The van der Waals surface area contributed by atoms with Gasteiger partial charge in [-0.15, -0.1) is 0 Å². The lowest BCUT2D eigenvalue weighted by Crippen LogP contribution is -2.48. The summed E-state index contributed by atoms with van der Waals surface area (Å²) in [5, 5.41) is 45.0. The molecule has 0 aromatic carbocycles. The number of fused-ring (bicyclic) bond motifs is 1. The molecule has 6 N–H and O–H groups in total. The fourth-order valence-electron chi connectivity index (χ4n) is 9.18. The van der Waals surface area contributed by atoms with Gasteiger partial charge in [-0.1, -0.05) is 88.3 Å². The highest BCUT2D eigenvalue weighted by molar-refractivity contribution is 5.70. The van der Waals surface area contributed by atoms with E-state index in [1.165, 1.54) is 24.8 Å². The number of rotatable bonds is 18. The highest BCUT2D eigenvalue weighted by Gasteiger charge is 2.55. The summed E-state index contributed by atoms with van der Waals surface area (Å²) in [7, 11) is 0. The summed E-state index contributed by atoms with van der Waals surface area (Å²) in [6, 6.07) is 6.00. The molecule has 270 valence electrons. The van der Waals surface area contributed by atoms with Gasteiger partial charge in [-0.25, -0.2) is 4.98 Å². The molecule has 49 heavy (non-hydrogen) atoms. The van der Waals surface area contributed by atoms with Crippen LogP contribution in [0, 0.1) is 41.4 Å². The zero-order valence-corrected chi connectivity index (χ0v) is 29.7. The van der Waals surface area contributed by atoms with Crippen molar-refractivity contribution in [3.63, 3.8) is 0 Å². The largest absolute Gasteiger partial charge is 0.667 e. The maximum Gasteiger partial charge on any atom is 0.309 e. The van der Waals surface area contributed by atoms with E-state index in [0.717, 1.165) is 62.6 Å². The molecule has 2 heterocycles. The zero-order chi connectivity index (χ0) is 35.0. The summed E-state index contributed by atoms with van der Waals surface area (Å²) in [5.41, 5.74) is 8.14. The number of hydrogen-bond donors (Lipinski definition) is 5. The van der Waals surface area contributed by atoms with Crippen LogP contribution in [0.25, 0.3) is 0 Å². The number of carbonyl (C=O) groups is 1. The Labute approximate surface area is 293 Å². The number of carboxylic acids is 1. The molecule has 3 aliphatic carbocycles. The van der Waals surface area contributed by atoms with Gasteiger partial charge in [-0.2, -0.15) is 11.9 Å². The van der Waals surface area contributed by atoms with Gasteiger partial charge in [-0.3, -0.25) is 4.79 Å². The molecule has 0 bridgehead atoms. The highest BCUT2D eigenvalue weighted by Crippen LogP contribution is 2.54. The molecule has 1 saturated carbocycles. The molecule has 0 radical (unpaired) electrons. The lowest BCUT2D eigenvalue weighted by molar-refractivity contribution is -0.148. The quantitative estimate of drug-likeness (QED) is 0.0869.